The van der Waals surface area contributed by atoms with E-state index in [-0.39, 0.29) is 30.2 Å². The fourth-order valence-electron chi connectivity index (χ4n) is 3.29. The Bertz CT molecular complexity index is 950. The molecule has 1 aliphatic heterocycles. The third kappa shape index (κ3) is 4.11. The van der Waals surface area contributed by atoms with E-state index in [1.165, 1.54) is 11.8 Å². The van der Waals surface area contributed by atoms with Crippen LogP contribution in [0.2, 0.25) is 0 Å². The number of anilines is 1. The van der Waals surface area contributed by atoms with Crippen molar-refractivity contribution in [3.63, 3.8) is 0 Å². The molecule has 0 spiro atoms. The summed E-state index contributed by atoms with van der Waals surface area (Å²) in [7, 11) is 3.36. The number of hydrogen-bond acceptors (Lipinski definition) is 3. The van der Waals surface area contributed by atoms with Crippen molar-refractivity contribution >= 4 is 29.5 Å². The minimum absolute atomic E-state index is 0.118. The van der Waals surface area contributed by atoms with Gasteiger partial charge < -0.3 is 15.1 Å². The molecule has 0 fully saturated rings. The summed E-state index contributed by atoms with van der Waals surface area (Å²) in [6.07, 6.45) is 3.72. The third-order valence-corrected chi connectivity index (χ3v) is 4.65. The number of benzene rings is 2. The Morgan fingerprint density at radius 3 is 2.54 bits per heavy atom. The molecule has 0 aliphatic carbocycles. The van der Waals surface area contributed by atoms with E-state index in [0.29, 0.717) is 11.3 Å². The average Bonchev–Trinajstić information content (AvgIpc) is 2.67. The van der Waals surface area contributed by atoms with Crippen LogP contribution in [0.3, 0.4) is 0 Å². The summed E-state index contributed by atoms with van der Waals surface area (Å²) in [6.45, 7) is 1.49. The van der Waals surface area contributed by atoms with Gasteiger partial charge in [0.15, 0.2) is 0 Å². The third-order valence-electron chi connectivity index (χ3n) is 4.65. The Balaban J connectivity index is 1.78. The van der Waals surface area contributed by atoms with Gasteiger partial charge in [-0.05, 0) is 35.4 Å². The molecule has 0 aromatic heterocycles. The van der Waals surface area contributed by atoms with E-state index in [0.717, 1.165) is 11.1 Å². The van der Waals surface area contributed by atoms with Crippen molar-refractivity contribution in [1.82, 2.24) is 9.80 Å². The first kappa shape index (κ1) is 19.4. The molecule has 28 heavy (non-hydrogen) atoms. The number of nitrogens with one attached hydrogen (secondary N) is 1. The average molecular weight is 377 g/mol. The monoisotopic (exact) mass is 377 g/mol. The first-order chi connectivity index (χ1) is 13.4. The first-order valence-electron chi connectivity index (χ1n) is 9.04. The fourth-order valence-corrected chi connectivity index (χ4v) is 3.29. The fraction of sp³-hybridized carbons (Fsp3) is 0.227. The molecule has 2 aromatic rings. The van der Waals surface area contributed by atoms with Crippen LogP contribution in [0.4, 0.5) is 5.69 Å². The Morgan fingerprint density at radius 2 is 1.82 bits per heavy atom. The van der Waals surface area contributed by atoms with Crippen LogP contribution in [0.5, 0.6) is 0 Å². The first-order valence-corrected chi connectivity index (χ1v) is 9.04. The van der Waals surface area contributed by atoms with E-state index in [4.69, 9.17) is 0 Å². The van der Waals surface area contributed by atoms with Gasteiger partial charge in [-0.2, -0.15) is 0 Å². The predicted octanol–water partition coefficient (Wildman–Crippen LogP) is 3.29. The standard InChI is InChI=1S/C22H23N3O3/c1-15(26)25-12-11-16-7-4-5-10-19(16)20(25)14-21(27)23-18-9-6-8-17(13-18)22(28)24(2)3/h4-13,20H,14H2,1-3H3,(H,23,27)/t20-/m0/s1. The molecule has 0 unspecified atom stereocenters. The van der Waals surface area contributed by atoms with E-state index in [1.54, 1.807) is 49.5 Å². The lowest BCUT2D eigenvalue weighted by atomic mass is 9.93. The molecule has 2 aromatic carbocycles. The van der Waals surface area contributed by atoms with Gasteiger partial charge in [-0.15, -0.1) is 0 Å². The maximum Gasteiger partial charge on any atom is 0.253 e. The Morgan fingerprint density at radius 1 is 1.07 bits per heavy atom. The van der Waals surface area contributed by atoms with Crippen molar-refractivity contribution in [2.24, 2.45) is 0 Å². The lowest BCUT2D eigenvalue weighted by Crippen LogP contribution is -2.33. The minimum Gasteiger partial charge on any atom is -0.345 e. The van der Waals surface area contributed by atoms with Crippen LogP contribution in [0.1, 0.15) is 40.9 Å². The molecular weight excluding hydrogens is 354 g/mol. The van der Waals surface area contributed by atoms with Crippen LogP contribution < -0.4 is 5.32 Å². The van der Waals surface area contributed by atoms with Gasteiger partial charge >= 0.3 is 0 Å². The molecule has 1 atom stereocenters. The number of hydrogen-bond donors (Lipinski definition) is 1. The number of carbonyl (C=O) groups is 3. The van der Waals surface area contributed by atoms with E-state index in [2.05, 4.69) is 5.32 Å². The topological polar surface area (TPSA) is 69.7 Å². The van der Waals surface area contributed by atoms with Crippen molar-refractivity contribution < 1.29 is 14.4 Å². The van der Waals surface area contributed by atoms with E-state index in [1.807, 2.05) is 30.3 Å². The summed E-state index contributed by atoms with van der Waals surface area (Å²) in [5.41, 5.74) is 2.98. The van der Waals surface area contributed by atoms with E-state index >= 15 is 0 Å². The lowest BCUT2D eigenvalue weighted by Gasteiger charge is -2.32. The van der Waals surface area contributed by atoms with Crippen molar-refractivity contribution in [2.75, 3.05) is 19.4 Å². The molecule has 6 heteroatoms. The summed E-state index contributed by atoms with van der Waals surface area (Å²) >= 11 is 0. The normalized spacial score (nSPS) is 15.0. The largest absolute Gasteiger partial charge is 0.345 e. The Hall–Kier alpha value is -3.41. The predicted molar refractivity (Wildman–Crippen MR) is 108 cm³/mol. The van der Waals surface area contributed by atoms with Gasteiger partial charge in [0, 0.05) is 38.5 Å². The maximum absolute atomic E-state index is 12.7. The van der Waals surface area contributed by atoms with Gasteiger partial charge in [-0.25, -0.2) is 0 Å². The SMILES string of the molecule is CC(=O)N1C=Cc2ccccc2[C@@H]1CC(=O)Nc1cccc(C(=O)N(C)C)c1. The Kier molecular flexibility index (Phi) is 5.59. The summed E-state index contributed by atoms with van der Waals surface area (Å²) in [5.74, 6) is -0.483. The number of amides is 3. The zero-order valence-corrected chi connectivity index (χ0v) is 16.2. The number of carbonyl (C=O) groups excluding carboxylic acids is 3. The zero-order valence-electron chi connectivity index (χ0n) is 16.2. The molecule has 144 valence electrons. The van der Waals surface area contributed by atoms with Crippen molar-refractivity contribution in [3.8, 4) is 0 Å². The van der Waals surface area contributed by atoms with Crippen LogP contribution in [-0.2, 0) is 9.59 Å². The second kappa shape index (κ2) is 8.08. The lowest BCUT2D eigenvalue weighted by molar-refractivity contribution is -0.129. The van der Waals surface area contributed by atoms with Crippen molar-refractivity contribution in [1.29, 1.82) is 0 Å². The van der Waals surface area contributed by atoms with Gasteiger partial charge in [0.05, 0.1) is 12.5 Å². The molecule has 1 N–H and O–H groups in total. The van der Waals surface area contributed by atoms with Crippen LogP contribution in [0, 0.1) is 0 Å². The smallest absolute Gasteiger partial charge is 0.253 e. The minimum atomic E-state index is -0.370. The van der Waals surface area contributed by atoms with Crippen LogP contribution >= 0.6 is 0 Å². The zero-order chi connectivity index (χ0) is 20.3. The Labute approximate surface area is 164 Å². The van der Waals surface area contributed by atoms with Crippen molar-refractivity contribution in [3.05, 3.63) is 71.4 Å². The maximum atomic E-state index is 12.7. The summed E-state index contributed by atoms with van der Waals surface area (Å²) in [6, 6.07) is 14.2. The molecule has 0 radical (unpaired) electrons. The molecule has 0 saturated carbocycles. The number of fused-ring (bicyclic) bond motifs is 1. The molecule has 0 bridgehead atoms. The molecule has 3 amide bonds. The van der Waals surface area contributed by atoms with Crippen LogP contribution in [0.15, 0.2) is 54.7 Å². The summed E-state index contributed by atoms with van der Waals surface area (Å²) in [5, 5.41) is 2.84. The molecule has 6 nitrogen and oxygen atoms in total. The second-order valence-electron chi connectivity index (χ2n) is 6.92. The van der Waals surface area contributed by atoms with Gasteiger partial charge in [0.25, 0.3) is 5.91 Å². The molecule has 0 saturated heterocycles. The van der Waals surface area contributed by atoms with Gasteiger partial charge in [-0.1, -0.05) is 30.3 Å². The second-order valence-corrected chi connectivity index (χ2v) is 6.92. The number of nitrogens with zero attached hydrogens (tertiary/aromatic N) is 2. The van der Waals surface area contributed by atoms with Gasteiger partial charge in [-0.3, -0.25) is 14.4 Å². The van der Waals surface area contributed by atoms with Crippen molar-refractivity contribution in [2.45, 2.75) is 19.4 Å². The highest BCUT2D eigenvalue weighted by Crippen LogP contribution is 2.33. The molecule has 3 rings (SSSR count). The van der Waals surface area contributed by atoms with Gasteiger partial charge in [0.1, 0.15) is 0 Å². The van der Waals surface area contributed by atoms with E-state index < -0.39 is 0 Å². The number of rotatable bonds is 4. The summed E-state index contributed by atoms with van der Waals surface area (Å²) < 4.78 is 0. The highest BCUT2D eigenvalue weighted by atomic mass is 16.2. The molecular formula is C22H23N3O3. The molecule has 1 heterocycles. The summed E-state index contributed by atoms with van der Waals surface area (Å²) in [4.78, 5) is 39.9. The van der Waals surface area contributed by atoms with Gasteiger partial charge in [0.2, 0.25) is 11.8 Å². The highest BCUT2D eigenvalue weighted by molar-refractivity contribution is 5.97. The quantitative estimate of drug-likeness (QED) is 0.889. The van der Waals surface area contributed by atoms with E-state index in [9.17, 15) is 14.4 Å². The van der Waals surface area contributed by atoms with Crippen LogP contribution in [-0.4, -0.2) is 41.6 Å². The van der Waals surface area contributed by atoms with Crippen LogP contribution in [0.25, 0.3) is 6.08 Å². The highest BCUT2D eigenvalue weighted by Gasteiger charge is 2.28. The molecule has 1 aliphatic rings.